The molecule has 1 aromatic rings. The van der Waals surface area contributed by atoms with Gasteiger partial charge in [-0.15, -0.1) is 0 Å². The van der Waals surface area contributed by atoms with Crippen LogP contribution < -0.4 is 15.8 Å². The van der Waals surface area contributed by atoms with Crippen LogP contribution in [0.5, 0.6) is 5.75 Å². The lowest BCUT2D eigenvalue weighted by molar-refractivity contribution is -0.139. The summed E-state index contributed by atoms with van der Waals surface area (Å²) in [7, 11) is 0. The summed E-state index contributed by atoms with van der Waals surface area (Å²) in [6, 6.07) is 5.25. The van der Waals surface area contributed by atoms with E-state index >= 15 is 0 Å². The zero-order valence-electron chi connectivity index (χ0n) is 15.0. The van der Waals surface area contributed by atoms with Crippen LogP contribution in [0.4, 0.5) is 13.2 Å². The summed E-state index contributed by atoms with van der Waals surface area (Å²) in [5.41, 5.74) is 4.85. The number of nitrogens with two attached hydrogens (primary N) is 1. The summed E-state index contributed by atoms with van der Waals surface area (Å²) in [5.74, 6) is -0.249. The lowest BCUT2D eigenvalue weighted by Crippen LogP contribution is -2.38. The average molecular weight is 383 g/mol. The number of alkyl halides is 3. The molecule has 0 aromatic heterocycles. The second kappa shape index (κ2) is 9.45. The van der Waals surface area contributed by atoms with Gasteiger partial charge in [-0.3, -0.25) is 9.69 Å². The van der Waals surface area contributed by atoms with Crippen molar-refractivity contribution in [3.05, 3.63) is 54.4 Å². The molecule has 1 saturated heterocycles. The van der Waals surface area contributed by atoms with Gasteiger partial charge in [-0.25, -0.2) is 0 Å². The quantitative estimate of drug-likeness (QED) is 0.711. The van der Waals surface area contributed by atoms with Crippen molar-refractivity contribution in [3.63, 3.8) is 0 Å². The first-order valence-electron chi connectivity index (χ1n) is 8.68. The fourth-order valence-electron chi connectivity index (χ4n) is 2.91. The van der Waals surface area contributed by atoms with Crippen LogP contribution in [0.1, 0.15) is 18.4 Å². The largest absolute Gasteiger partial charge is 0.493 e. The number of benzene rings is 1. The number of ether oxygens (including phenoxy) is 1. The normalized spacial score (nSPS) is 16.4. The van der Waals surface area contributed by atoms with E-state index in [2.05, 4.69) is 16.8 Å². The van der Waals surface area contributed by atoms with Crippen molar-refractivity contribution in [2.45, 2.75) is 19.0 Å². The number of rotatable bonds is 7. The van der Waals surface area contributed by atoms with E-state index in [1.807, 2.05) is 0 Å². The fraction of sp³-hybridized carbons (Fsp3) is 0.421. The minimum atomic E-state index is -4.43. The van der Waals surface area contributed by atoms with Gasteiger partial charge in [0.1, 0.15) is 5.75 Å². The van der Waals surface area contributed by atoms with Crippen LogP contribution in [0.3, 0.4) is 0 Å². The van der Waals surface area contributed by atoms with E-state index in [4.69, 9.17) is 10.5 Å². The topological polar surface area (TPSA) is 67.6 Å². The van der Waals surface area contributed by atoms with Crippen LogP contribution in [-0.4, -0.2) is 37.0 Å². The summed E-state index contributed by atoms with van der Waals surface area (Å²) in [6.07, 6.45) is -0.291. The number of piperidine rings is 1. The number of hydrogen-bond donors (Lipinski definition) is 2. The van der Waals surface area contributed by atoms with Gasteiger partial charge in [-0.1, -0.05) is 18.7 Å². The smallest absolute Gasteiger partial charge is 0.419 e. The highest BCUT2D eigenvalue weighted by atomic mass is 19.4. The SMILES string of the molecule is C=C(CN1CCC(COc2ccccc2C(F)(F)F)CC1)C(=O)N/C=C\N. The zero-order chi connectivity index (χ0) is 19.9. The Balaban J connectivity index is 1.79. The third kappa shape index (κ3) is 6.32. The summed E-state index contributed by atoms with van der Waals surface area (Å²) >= 11 is 0. The van der Waals surface area contributed by atoms with Crippen LogP contribution in [0.25, 0.3) is 0 Å². The number of carbonyl (C=O) groups excluding carboxylic acids is 1. The molecule has 1 aromatic carbocycles. The van der Waals surface area contributed by atoms with Crippen LogP contribution in [0.2, 0.25) is 0 Å². The van der Waals surface area contributed by atoms with Gasteiger partial charge in [0.15, 0.2) is 0 Å². The second-order valence-electron chi connectivity index (χ2n) is 6.46. The van der Waals surface area contributed by atoms with Crippen molar-refractivity contribution in [2.75, 3.05) is 26.2 Å². The predicted molar refractivity (Wildman–Crippen MR) is 96.7 cm³/mol. The Hall–Kier alpha value is -2.48. The molecule has 5 nitrogen and oxygen atoms in total. The third-order valence-electron chi connectivity index (χ3n) is 4.42. The van der Waals surface area contributed by atoms with E-state index in [0.29, 0.717) is 12.1 Å². The summed E-state index contributed by atoms with van der Waals surface area (Å²) < 4.78 is 44.4. The second-order valence-corrected chi connectivity index (χ2v) is 6.46. The molecular weight excluding hydrogens is 359 g/mol. The van der Waals surface area contributed by atoms with E-state index in [0.717, 1.165) is 32.0 Å². The molecule has 0 saturated carbocycles. The Morgan fingerprint density at radius 2 is 2.00 bits per heavy atom. The van der Waals surface area contributed by atoms with E-state index < -0.39 is 11.7 Å². The molecule has 8 heteroatoms. The lowest BCUT2D eigenvalue weighted by Gasteiger charge is -2.32. The van der Waals surface area contributed by atoms with Crippen LogP contribution in [0.15, 0.2) is 48.8 Å². The molecule has 0 radical (unpaired) electrons. The molecule has 0 unspecified atom stereocenters. The van der Waals surface area contributed by atoms with Gasteiger partial charge in [0.25, 0.3) is 5.91 Å². The molecule has 1 heterocycles. The fourth-order valence-corrected chi connectivity index (χ4v) is 2.91. The van der Waals surface area contributed by atoms with Crippen molar-refractivity contribution in [1.29, 1.82) is 0 Å². The average Bonchev–Trinajstić information content (AvgIpc) is 2.65. The molecule has 0 aliphatic carbocycles. The van der Waals surface area contributed by atoms with E-state index in [1.165, 1.54) is 30.6 Å². The van der Waals surface area contributed by atoms with Gasteiger partial charge in [0.05, 0.1) is 12.2 Å². The highest BCUT2D eigenvalue weighted by Crippen LogP contribution is 2.36. The first kappa shape index (κ1) is 20.8. The Morgan fingerprint density at radius 1 is 1.33 bits per heavy atom. The van der Waals surface area contributed by atoms with Crippen molar-refractivity contribution in [2.24, 2.45) is 11.7 Å². The van der Waals surface area contributed by atoms with Crippen molar-refractivity contribution < 1.29 is 22.7 Å². The minimum Gasteiger partial charge on any atom is -0.493 e. The van der Waals surface area contributed by atoms with Gasteiger partial charge in [0.2, 0.25) is 0 Å². The predicted octanol–water partition coefficient (Wildman–Crippen LogP) is 2.90. The third-order valence-corrected chi connectivity index (χ3v) is 4.42. The molecule has 148 valence electrons. The van der Waals surface area contributed by atoms with Gasteiger partial charge in [-0.05, 0) is 44.0 Å². The molecule has 1 fully saturated rings. The van der Waals surface area contributed by atoms with Gasteiger partial charge in [0, 0.05) is 24.5 Å². The number of hydrogen-bond acceptors (Lipinski definition) is 4. The number of nitrogens with one attached hydrogen (secondary N) is 1. The maximum atomic E-state index is 13.0. The molecule has 0 atom stereocenters. The number of halogens is 3. The number of carbonyl (C=O) groups is 1. The Kier molecular flexibility index (Phi) is 7.29. The maximum Gasteiger partial charge on any atom is 0.419 e. The summed E-state index contributed by atoms with van der Waals surface area (Å²) in [6.45, 7) is 5.91. The summed E-state index contributed by atoms with van der Waals surface area (Å²) in [4.78, 5) is 13.8. The van der Waals surface area contributed by atoms with E-state index in [-0.39, 0.29) is 24.2 Å². The maximum absolute atomic E-state index is 13.0. The van der Waals surface area contributed by atoms with Gasteiger partial charge >= 0.3 is 6.18 Å². The van der Waals surface area contributed by atoms with Crippen LogP contribution >= 0.6 is 0 Å². The van der Waals surface area contributed by atoms with Gasteiger partial charge < -0.3 is 15.8 Å². The molecule has 2 rings (SSSR count). The van der Waals surface area contributed by atoms with Crippen LogP contribution in [0, 0.1) is 5.92 Å². The van der Waals surface area contributed by atoms with Crippen molar-refractivity contribution >= 4 is 5.91 Å². The highest BCUT2D eigenvalue weighted by Gasteiger charge is 2.34. The Morgan fingerprint density at radius 3 is 2.63 bits per heavy atom. The van der Waals surface area contributed by atoms with Crippen LogP contribution in [-0.2, 0) is 11.0 Å². The molecule has 1 aliphatic heterocycles. The number of nitrogens with zero attached hydrogens (tertiary/aromatic N) is 1. The number of amides is 1. The molecule has 3 N–H and O–H groups in total. The standard InChI is InChI=1S/C19H24F3N3O2/c1-14(18(26)24-9-8-23)12-25-10-6-15(7-11-25)13-27-17-5-3-2-4-16(17)19(20,21)22/h2-5,8-9,15H,1,6-7,10-13,23H2,(H,24,26)/b9-8-. The Bertz CT molecular complexity index is 681. The van der Waals surface area contributed by atoms with Crippen molar-refractivity contribution in [3.8, 4) is 5.75 Å². The molecular formula is C19H24F3N3O2. The first-order chi connectivity index (χ1) is 12.8. The first-order valence-corrected chi connectivity index (χ1v) is 8.68. The monoisotopic (exact) mass is 383 g/mol. The molecule has 1 amide bonds. The highest BCUT2D eigenvalue weighted by molar-refractivity contribution is 5.93. The minimum absolute atomic E-state index is 0.134. The van der Waals surface area contributed by atoms with E-state index in [1.54, 1.807) is 0 Å². The van der Waals surface area contributed by atoms with Gasteiger partial charge in [-0.2, -0.15) is 13.2 Å². The van der Waals surface area contributed by atoms with E-state index in [9.17, 15) is 18.0 Å². The lowest BCUT2D eigenvalue weighted by atomic mass is 9.97. The molecule has 0 spiro atoms. The number of para-hydroxylation sites is 1. The molecule has 0 bridgehead atoms. The van der Waals surface area contributed by atoms with Crippen molar-refractivity contribution in [1.82, 2.24) is 10.2 Å². The molecule has 27 heavy (non-hydrogen) atoms. The summed E-state index contributed by atoms with van der Waals surface area (Å²) in [5, 5.41) is 2.50. The zero-order valence-corrected chi connectivity index (χ0v) is 15.0. The Labute approximate surface area is 156 Å². The molecule has 1 aliphatic rings. The number of likely N-dealkylation sites (tertiary alicyclic amines) is 1.